The molecule has 0 spiro atoms. The molecule has 0 fully saturated rings. The van der Waals surface area contributed by atoms with E-state index in [0.717, 1.165) is 6.07 Å². The summed E-state index contributed by atoms with van der Waals surface area (Å²) in [5.41, 5.74) is -4.47. The second-order valence-corrected chi connectivity index (χ2v) is 4.83. The first-order valence-corrected chi connectivity index (χ1v) is 6.52. The minimum Gasteiger partial charge on any atom is -1.00 e. The topological polar surface area (TPSA) is 63.6 Å². The summed E-state index contributed by atoms with van der Waals surface area (Å²) in [6.45, 7) is 1.50. The molecule has 0 radical (unpaired) electrons. The second-order valence-electron chi connectivity index (χ2n) is 3.69. The van der Waals surface area contributed by atoms with E-state index in [1.165, 1.54) is 25.1 Å². The zero-order valence-electron chi connectivity index (χ0n) is 12.8. The molecule has 0 unspecified atom stereocenters. The maximum absolute atomic E-state index is 12.2. The van der Waals surface area contributed by atoms with Crippen LogP contribution in [-0.4, -0.2) is 29.0 Å². The van der Waals surface area contributed by atoms with Gasteiger partial charge >= 0.3 is 30.3 Å². The fraction of sp³-hybridized carbons (Fsp3) is 0.231. The van der Waals surface area contributed by atoms with Gasteiger partial charge in [0.05, 0.1) is 6.61 Å². The van der Waals surface area contributed by atoms with Gasteiger partial charge in [0.25, 0.3) is 5.78 Å². The van der Waals surface area contributed by atoms with Gasteiger partial charge in [-0.15, -0.1) is 0 Å². The van der Waals surface area contributed by atoms with Crippen LogP contribution < -0.4 is 18.9 Å². The minimum atomic E-state index is -4.46. The van der Waals surface area contributed by atoms with Crippen LogP contribution >= 0.6 is 11.8 Å². The Balaban J connectivity index is 0. The van der Waals surface area contributed by atoms with E-state index in [0.29, 0.717) is 6.08 Å². The summed E-state index contributed by atoms with van der Waals surface area (Å²) in [7, 11) is 0. The Morgan fingerprint density at radius 3 is 2.59 bits per heavy atom. The number of carbonyl (C=O) groups excluding carboxylic acids is 2. The molecule has 1 rings (SSSR count). The summed E-state index contributed by atoms with van der Waals surface area (Å²) < 4.78 is 41.2. The van der Waals surface area contributed by atoms with Gasteiger partial charge in [0.2, 0.25) is 0 Å². The molecule has 116 valence electrons. The Labute approximate surface area is 142 Å². The number of halogens is 3. The summed E-state index contributed by atoms with van der Waals surface area (Å²) in [6.07, 6.45) is 0.607. The van der Waals surface area contributed by atoms with Crippen LogP contribution in [0.15, 0.2) is 35.2 Å². The number of hydrogen-bond acceptors (Lipinski definition) is 5. The van der Waals surface area contributed by atoms with Gasteiger partial charge in [-0.2, -0.15) is 13.2 Å². The number of aliphatic hydroxyl groups excluding tert-OH is 1. The molecule has 0 aliphatic heterocycles. The number of rotatable bonds is 5. The summed E-state index contributed by atoms with van der Waals surface area (Å²) in [5, 5.41) is 9.67. The fourth-order valence-corrected chi connectivity index (χ4v) is 1.92. The molecule has 0 atom stereocenters. The first-order valence-electron chi connectivity index (χ1n) is 5.71. The zero-order valence-corrected chi connectivity index (χ0v) is 12.6. The Kier molecular flexibility index (Phi) is 8.38. The van der Waals surface area contributed by atoms with E-state index < -0.39 is 23.0 Å². The molecule has 0 aliphatic carbocycles. The molecular weight excluding hydrogens is 316 g/mol. The molecule has 9 heteroatoms. The summed E-state index contributed by atoms with van der Waals surface area (Å²) in [5.74, 6) is -2.86. The summed E-state index contributed by atoms with van der Waals surface area (Å²) in [6, 6.07) is 4.87. The van der Waals surface area contributed by atoms with E-state index in [9.17, 15) is 27.9 Å². The Morgan fingerprint density at radius 1 is 1.41 bits per heavy atom. The predicted molar refractivity (Wildman–Crippen MR) is 71.7 cm³/mol. The molecule has 0 heterocycles. The quantitative estimate of drug-likeness (QED) is 0.212. The van der Waals surface area contributed by atoms with Crippen molar-refractivity contribution in [2.24, 2.45) is 0 Å². The Bertz CT molecular complexity index is 579. The van der Waals surface area contributed by atoms with Crippen molar-refractivity contribution in [2.75, 3.05) is 6.61 Å². The van der Waals surface area contributed by atoms with Gasteiger partial charge in [-0.25, -0.2) is 4.79 Å². The Hall–Kier alpha value is -1.36. The van der Waals surface area contributed by atoms with Gasteiger partial charge in [0, 0.05) is 16.5 Å². The maximum Gasteiger partial charge on any atom is 1.00 e. The van der Waals surface area contributed by atoms with Crippen LogP contribution in [0, 0.1) is 0 Å². The number of hydrogen-bond donors (Lipinski definition) is 1. The third-order valence-corrected chi connectivity index (χ3v) is 2.83. The molecule has 1 aromatic carbocycles. The molecule has 0 aliphatic rings. The van der Waals surface area contributed by atoms with E-state index in [-0.39, 0.29) is 49.1 Å². The van der Waals surface area contributed by atoms with Gasteiger partial charge < -0.3 is 11.3 Å². The molecule has 4 nitrogen and oxygen atoms in total. The van der Waals surface area contributed by atoms with Crippen LogP contribution in [0.2, 0.25) is 0 Å². The smallest absolute Gasteiger partial charge is 1.00 e. The van der Waals surface area contributed by atoms with Crippen LogP contribution in [-0.2, 0) is 14.3 Å². The third-order valence-electron chi connectivity index (χ3n) is 2.11. The van der Waals surface area contributed by atoms with Crippen LogP contribution in [0.5, 0.6) is 0 Å². The van der Waals surface area contributed by atoms with Crippen LogP contribution in [0.1, 0.15) is 13.9 Å². The van der Waals surface area contributed by atoms with E-state index in [4.69, 9.17) is 0 Å². The largest absolute Gasteiger partial charge is 1.00 e. The van der Waals surface area contributed by atoms with Crippen molar-refractivity contribution in [2.45, 2.75) is 17.3 Å². The third kappa shape index (κ3) is 7.07. The number of benzene rings is 1. The first kappa shape index (κ1) is 20.6. The zero-order chi connectivity index (χ0) is 16.0. The van der Waals surface area contributed by atoms with Crippen molar-refractivity contribution >= 4 is 29.3 Å². The maximum atomic E-state index is 12.2. The van der Waals surface area contributed by atoms with E-state index >= 15 is 0 Å². The van der Waals surface area contributed by atoms with Gasteiger partial charge in [-0.05, 0) is 30.8 Å². The molecular formula is C13H12F3LiO4S. The van der Waals surface area contributed by atoms with Gasteiger partial charge in [-0.1, -0.05) is 12.1 Å². The van der Waals surface area contributed by atoms with Crippen molar-refractivity contribution in [1.82, 2.24) is 0 Å². The molecule has 0 saturated carbocycles. The molecule has 22 heavy (non-hydrogen) atoms. The number of carbonyl (C=O) groups is 2. The van der Waals surface area contributed by atoms with Crippen LogP contribution in [0.25, 0.3) is 5.76 Å². The van der Waals surface area contributed by atoms with E-state index in [1.54, 1.807) is 0 Å². The summed E-state index contributed by atoms with van der Waals surface area (Å²) in [4.78, 5) is 22.3. The number of ketones is 1. The van der Waals surface area contributed by atoms with Gasteiger partial charge in [0.1, 0.15) is 5.76 Å². The van der Waals surface area contributed by atoms with E-state index in [2.05, 4.69) is 4.74 Å². The molecule has 0 aromatic heterocycles. The standard InChI is InChI=1S/C13H11F3O4S.Li.H/c1-2-20-12(19)11(18)7-10(17)8-4-3-5-9(6-8)21-13(14,15)16;;/h3-7,17H,2H2,1H3;;/q;+1;-1/b10-7-;;. The Morgan fingerprint density at radius 2 is 2.05 bits per heavy atom. The van der Waals surface area contributed by atoms with Crippen molar-refractivity contribution in [3.63, 3.8) is 0 Å². The monoisotopic (exact) mass is 328 g/mol. The normalized spacial score (nSPS) is 11.5. The second kappa shape index (κ2) is 8.93. The number of thioether (sulfide) groups is 1. The summed E-state index contributed by atoms with van der Waals surface area (Å²) >= 11 is -0.349. The van der Waals surface area contributed by atoms with Gasteiger partial charge in [-0.3, -0.25) is 4.79 Å². The first-order chi connectivity index (χ1) is 9.73. The number of alkyl halides is 3. The van der Waals surface area contributed by atoms with E-state index in [1.807, 2.05) is 0 Å². The molecule has 0 amide bonds. The van der Waals surface area contributed by atoms with Crippen molar-refractivity contribution in [3.05, 3.63) is 35.9 Å². The number of ether oxygens (including phenoxy) is 1. The molecule has 0 saturated heterocycles. The SMILES string of the molecule is CCOC(=O)C(=O)/C=C(\O)c1cccc(SC(F)(F)F)c1.[H-].[Li+]. The van der Waals surface area contributed by atoms with Crippen molar-refractivity contribution in [1.29, 1.82) is 0 Å². The van der Waals surface area contributed by atoms with Crippen LogP contribution in [0.3, 0.4) is 0 Å². The fourth-order valence-electron chi connectivity index (χ4n) is 1.32. The van der Waals surface area contributed by atoms with Gasteiger partial charge in [0.15, 0.2) is 0 Å². The number of esters is 1. The molecule has 1 aromatic rings. The van der Waals surface area contributed by atoms with Crippen molar-refractivity contribution in [3.8, 4) is 0 Å². The average molecular weight is 328 g/mol. The molecule has 1 N–H and O–H groups in total. The van der Waals surface area contributed by atoms with Crippen LogP contribution in [0.4, 0.5) is 13.2 Å². The minimum absolute atomic E-state index is 0. The number of aliphatic hydroxyl groups is 1. The average Bonchev–Trinajstić information content (AvgIpc) is 2.37. The molecule has 0 bridgehead atoms. The van der Waals surface area contributed by atoms with Crippen molar-refractivity contribution < 1.29 is 52.9 Å². The predicted octanol–water partition coefficient (Wildman–Crippen LogP) is 0.446.